The van der Waals surface area contributed by atoms with Gasteiger partial charge in [0.05, 0.1) is 17.6 Å². The van der Waals surface area contributed by atoms with Gasteiger partial charge in [0.15, 0.2) is 0 Å². The molecule has 0 aromatic heterocycles. The van der Waals surface area contributed by atoms with Crippen molar-refractivity contribution in [3.05, 3.63) is 0 Å². The molecule has 3 N–H and O–H groups in total. The van der Waals surface area contributed by atoms with Crippen molar-refractivity contribution < 1.29 is 9.53 Å². The molecule has 0 radical (unpaired) electrons. The maximum atomic E-state index is 12.6. The molecule has 3 rings (SSSR count). The summed E-state index contributed by atoms with van der Waals surface area (Å²) in [6.07, 6.45) is 9.18. The maximum absolute atomic E-state index is 12.6. The monoisotopic (exact) mass is 266 g/mol. The minimum Gasteiger partial charge on any atom is -0.376 e. The molecular formula is C15H26N2O2. The first kappa shape index (κ1) is 13.4. The van der Waals surface area contributed by atoms with Crippen molar-refractivity contribution in [1.29, 1.82) is 0 Å². The quantitative estimate of drug-likeness (QED) is 0.812. The second-order valence-corrected chi connectivity index (χ2v) is 6.59. The zero-order valence-corrected chi connectivity index (χ0v) is 11.7. The predicted molar refractivity (Wildman–Crippen MR) is 73.6 cm³/mol. The van der Waals surface area contributed by atoms with Crippen LogP contribution in [0.5, 0.6) is 0 Å². The molecule has 1 heterocycles. The van der Waals surface area contributed by atoms with E-state index >= 15 is 0 Å². The van der Waals surface area contributed by atoms with Gasteiger partial charge in [0.2, 0.25) is 5.91 Å². The van der Waals surface area contributed by atoms with E-state index in [1.165, 1.54) is 19.3 Å². The molecule has 1 aliphatic heterocycles. The first-order valence-electron chi connectivity index (χ1n) is 7.88. The summed E-state index contributed by atoms with van der Waals surface area (Å²) < 4.78 is 5.80. The van der Waals surface area contributed by atoms with E-state index in [4.69, 9.17) is 10.5 Å². The molecule has 0 spiro atoms. The molecule has 3 aliphatic rings. The van der Waals surface area contributed by atoms with Gasteiger partial charge in [-0.3, -0.25) is 4.79 Å². The first-order valence-corrected chi connectivity index (χ1v) is 7.88. The number of amides is 1. The van der Waals surface area contributed by atoms with E-state index in [1.807, 2.05) is 0 Å². The van der Waals surface area contributed by atoms with Crippen LogP contribution in [0.25, 0.3) is 0 Å². The van der Waals surface area contributed by atoms with Gasteiger partial charge in [0, 0.05) is 13.2 Å². The summed E-state index contributed by atoms with van der Waals surface area (Å²) in [7, 11) is 0. The van der Waals surface area contributed by atoms with E-state index in [0.717, 1.165) is 38.7 Å². The Morgan fingerprint density at radius 3 is 2.58 bits per heavy atom. The second kappa shape index (κ2) is 5.41. The predicted octanol–water partition coefficient (Wildman–Crippen LogP) is 1.58. The van der Waals surface area contributed by atoms with E-state index < -0.39 is 0 Å². The van der Waals surface area contributed by atoms with Crippen molar-refractivity contribution >= 4 is 5.91 Å². The molecule has 3 fully saturated rings. The molecule has 2 atom stereocenters. The fraction of sp³-hybridized carbons (Fsp3) is 0.933. The number of hydrogen-bond acceptors (Lipinski definition) is 3. The summed E-state index contributed by atoms with van der Waals surface area (Å²) in [5.41, 5.74) is 5.63. The smallest absolute Gasteiger partial charge is 0.227 e. The van der Waals surface area contributed by atoms with Gasteiger partial charge in [-0.1, -0.05) is 19.3 Å². The lowest BCUT2D eigenvalue weighted by molar-refractivity contribution is -0.133. The average Bonchev–Trinajstić information content (AvgIpc) is 3.20. The lowest BCUT2D eigenvalue weighted by Gasteiger charge is -2.36. The Morgan fingerprint density at radius 2 is 1.95 bits per heavy atom. The van der Waals surface area contributed by atoms with Crippen LogP contribution in [0.2, 0.25) is 0 Å². The Labute approximate surface area is 115 Å². The Balaban J connectivity index is 1.62. The van der Waals surface area contributed by atoms with Gasteiger partial charge < -0.3 is 15.8 Å². The lowest BCUT2D eigenvalue weighted by atomic mass is 9.73. The van der Waals surface area contributed by atoms with Gasteiger partial charge in [0.25, 0.3) is 0 Å². The third-order valence-electron chi connectivity index (χ3n) is 5.22. The van der Waals surface area contributed by atoms with Crippen molar-refractivity contribution in [2.75, 3.05) is 13.2 Å². The normalized spacial score (nSPS) is 34.2. The van der Waals surface area contributed by atoms with Crippen LogP contribution in [0, 0.1) is 11.3 Å². The Morgan fingerprint density at radius 1 is 1.21 bits per heavy atom. The molecule has 108 valence electrons. The van der Waals surface area contributed by atoms with Crippen LogP contribution in [0.4, 0.5) is 0 Å². The maximum Gasteiger partial charge on any atom is 0.227 e. The van der Waals surface area contributed by atoms with Gasteiger partial charge in [0.1, 0.15) is 0 Å². The van der Waals surface area contributed by atoms with Crippen LogP contribution in [-0.4, -0.2) is 31.2 Å². The van der Waals surface area contributed by atoms with E-state index in [2.05, 4.69) is 5.32 Å². The van der Waals surface area contributed by atoms with Crippen LogP contribution in [-0.2, 0) is 9.53 Å². The number of ether oxygens (including phenoxy) is 1. The number of rotatable bonds is 4. The number of nitrogens with two attached hydrogens (primary N) is 1. The van der Waals surface area contributed by atoms with Gasteiger partial charge in [-0.15, -0.1) is 0 Å². The highest BCUT2D eigenvalue weighted by atomic mass is 16.5. The Hall–Kier alpha value is -0.610. The average molecular weight is 266 g/mol. The summed E-state index contributed by atoms with van der Waals surface area (Å²) in [4.78, 5) is 12.6. The van der Waals surface area contributed by atoms with E-state index in [1.54, 1.807) is 0 Å². The summed E-state index contributed by atoms with van der Waals surface area (Å²) >= 11 is 0. The standard InChI is InChI=1S/C15H26N2O2/c16-10-15(7-2-1-3-8-15)14(18)17-12-6-9-19-13(12)11-4-5-11/h11-13H,1-10,16H2,(H,17,18). The first-order chi connectivity index (χ1) is 9.25. The van der Waals surface area contributed by atoms with Crippen LogP contribution >= 0.6 is 0 Å². The molecule has 1 amide bonds. The van der Waals surface area contributed by atoms with Gasteiger partial charge in [-0.05, 0) is 38.0 Å². The summed E-state index contributed by atoms with van der Waals surface area (Å²) in [6, 6.07) is 0.227. The highest BCUT2D eigenvalue weighted by molar-refractivity contribution is 5.83. The van der Waals surface area contributed by atoms with Crippen LogP contribution in [0.15, 0.2) is 0 Å². The third-order valence-corrected chi connectivity index (χ3v) is 5.22. The number of nitrogens with one attached hydrogen (secondary N) is 1. The molecule has 4 heteroatoms. The Kier molecular flexibility index (Phi) is 3.81. The number of carbonyl (C=O) groups is 1. The van der Waals surface area contributed by atoms with Crippen LogP contribution in [0.1, 0.15) is 51.4 Å². The minimum absolute atomic E-state index is 0.191. The highest BCUT2D eigenvalue weighted by Gasteiger charge is 2.44. The van der Waals surface area contributed by atoms with E-state index in [9.17, 15) is 4.79 Å². The molecule has 19 heavy (non-hydrogen) atoms. The second-order valence-electron chi connectivity index (χ2n) is 6.59. The molecule has 0 aromatic carbocycles. The van der Waals surface area contributed by atoms with Crippen molar-refractivity contribution in [2.45, 2.75) is 63.5 Å². The number of carbonyl (C=O) groups excluding carboxylic acids is 1. The van der Waals surface area contributed by atoms with Crippen molar-refractivity contribution in [2.24, 2.45) is 17.1 Å². The zero-order valence-electron chi connectivity index (χ0n) is 11.7. The van der Waals surface area contributed by atoms with E-state index in [-0.39, 0.29) is 23.5 Å². The molecular weight excluding hydrogens is 240 g/mol. The van der Waals surface area contributed by atoms with Crippen LogP contribution in [0.3, 0.4) is 0 Å². The van der Waals surface area contributed by atoms with Gasteiger partial charge in [-0.2, -0.15) is 0 Å². The fourth-order valence-corrected chi connectivity index (χ4v) is 3.73. The van der Waals surface area contributed by atoms with Gasteiger partial charge >= 0.3 is 0 Å². The highest BCUT2D eigenvalue weighted by Crippen LogP contribution is 2.40. The lowest BCUT2D eigenvalue weighted by Crippen LogP contribution is -2.52. The summed E-state index contributed by atoms with van der Waals surface area (Å²) in [6.45, 7) is 1.28. The largest absolute Gasteiger partial charge is 0.376 e. The van der Waals surface area contributed by atoms with Crippen molar-refractivity contribution in [3.8, 4) is 0 Å². The third kappa shape index (κ3) is 2.65. The molecule has 4 nitrogen and oxygen atoms in total. The molecule has 0 aromatic rings. The van der Waals surface area contributed by atoms with Crippen molar-refractivity contribution in [1.82, 2.24) is 5.32 Å². The molecule has 2 aliphatic carbocycles. The van der Waals surface area contributed by atoms with Gasteiger partial charge in [-0.25, -0.2) is 0 Å². The Bertz CT molecular complexity index is 335. The topological polar surface area (TPSA) is 64.4 Å². The molecule has 0 bridgehead atoms. The molecule has 2 saturated carbocycles. The summed E-state index contributed by atoms with van der Waals surface area (Å²) in [5, 5.41) is 3.27. The molecule has 2 unspecified atom stereocenters. The zero-order chi connectivity index (χ0) is 13.3. The molecule has 1 saturated heterocycles. The minimum atomic E-state index is -0.297. The fourth-order valence-electron chi connectivity index (χ4n) is 3.73. The number of hydrogen-bond donors (Lipinski definition) is 2. The summed E-state index contributed by atoms with van der Waals surface area (Å²) in [5.74, 6) is 0.879. The van der Waals surface area contributed by atoms with Crippen LogP contribution < -0.4 is 11.1 Å². The van der Waals surface area contributed by atoms with Crippen molar-refractivity contribution in [3.63, 3.8) is 0 Å². The SMILES string of the molecule is NCC1(C(=O)NC2CCOC2C2CC2)CCCCC1. The van der Waals surface area contributed by atoms with E-state index in [0.29, 0.717) is 12.5 Å².